The first-order valence-electron chi connectivity index (χ1n) is 4.42. The molecular formula is C9H20N2. The summed E-state index contributed by atoms with van der Waals surface area (Å²) in [5, 5.41) is 3.21. The maximum atomic E-state index is 3.21. The molecular weight excluding hydrogens is 136 g/mol. The molecule has 0 amide bonds. The molecule has 0 radical (unpaired) electrons. The van der Waals surface area contributed by atoms with Crippen LogP contribution >= 0.6 is 0 Å². The van der Waals surface area contributed by atoms with Crippen LogP contribution in [0, 0.1) is 0 Å². The van der Waals surface area contributed by atoms with E-state index in [2.05, 4.69) is 24.1 Å². The number of likely N-dealkylation sites (N-methyl/N-ethyl adjacent to an activating group) is 1. The Bertz CT molecular complexity index is 95.7. The Labute approximate surface area is 70.3 Å². The third-order valence-corrected chi connectivity index (χ3v) is 1.75. The van der Waals surface area contributed by atoms with Gasteiger partial charge in [0.1, 0.15) is 0 Å². The van der Waals surface area contributed by atoms with Crippen LogP contribution in [-0.2, 0) is 0 Å². The van der Waals surface area contributed by atoms with Gasteiger partial charge in [-0.05, 0) is 26.2 Å². The summed E-state index contributed by atoms with van der Waals surface area (Å²) in [5.74, 6) is 0. The third-order valence-electron chi connectivity index (χ3n) is 1.75. The monoisotopic (exact) mass is 156 g/mol. The SMILES string of the molecule is CC=CNCCN(CC)CC. The second kappa shape index (κ2) is 7.61. The van der Waals surface area contributed by atoms with E-state index in [0.29, 0.717) is 0 Å². The highest BCUT2D eigenvalue weighted by atomic mass is 15.1. The van der Waals surface area contributed by atoms with Crippen molar-refractivity contribution >= 4 is 0 Å². The van der Waals surface area contributed by atoms with Gasteiger partial charge in [-0.2, -0.15) is 0 Å². The number of allylic oxidation sites excluding steroid dienone is 1. The van der Waals surface area contributed by atoms with Crippen molar-refractivity contribution in [2.75, 3.05) is 26.2 Å². The van der Waals surface area contributed by atoms with Crippen molar-refractivity contribution in [3.8, 4) is 0 Å². The largest absolute Gasteiger partial charge is 0.390 e. The molecule has 2 nitrogen and oxygen atoms in total. The minimum Gasteiger partial charge on any atom is -0.390 e. The van der Waals surface area contributed by atoms with Crippen LogP contribution in [0.4, 0.5) is 0 Å². The van der Waals surface area contributed by atoms with Gasteiger partial charge < -0.3 is 10.2 Å². The summed E-state index contributed by atoms with van der Waals surface area (Å²) in [5.41, 5.74) is 0. The fourth-order valence-electron chi connectivity index (χ4n) is 0.964. The zero-order valence-electron chi connectivity index (χ0n) is 7.93. The van der Waals surface area contributed by atoms with E-state index in [9.17, 15) is 0 Å². The molecule has 66 valence electrons. The number of hydrogen-bond donors (Lipinski definition) is 1. The molecule has 0 bridgehead atoms. The molecule has 1 N–H and O–H groups in total. The second-order valence-corrected chi connectivity index (χ2v) is 2.48. The number of hydrogen-bond acceptors (Lipinski definition) is 2. The van der Waals surface area contributed by atoms with E-state index in [-0.39, 0.29) is 0 Å². The molecule has 0 saturated heterocycles. The summed E-state index contributed by atoms with van der Waals surface area (Å²) >= 11 is 0. The van der Waals surface area contributed by atoms with Gasteiger partial charge in [-0.25, -0.2) is 0 Å². The molecule has 0 aromatic heterocycles. The van der Waals surface area contributed by atoms with Crippen molar-refractivity contribution in [2.24, 2.45) is 0 Å². The predicted molar refractivity (Wildman–Crippen MR) is 50.6 cm³/mol. The number of rotatable bonds is 6. The molecule has 0 unspecified atom stereocenters. The van der Waals surface area contributed by atoms with Gasteiger partial charge in [-0.3, -0.25) is 0 Å². The van der Waals surface area contributed by atoms with Gasteiger partial charge in [0, 0.05) is 13.1 Å². The number of nitrogens with zero attached hydrogens (tertiary/aromatic N) is 1. The van der Waals surface area contributed by atoms with Gasteiger partial charge in [-0.15, -0.1) is 0 Å². The lowest BCUT2D eigenvalue weighted by molar-refractivity contribution is 0.307. The maximum Gasteiger partial charge on any atom is 0.0269 e. The fraction of sp³-hybridized carbons (Fsp3) is 0.778. The van der Waals surface area contributed by atoms with Gasteiger partial charge in [0.15, 0.2) is 0 Å². The first kappa shape index (κ1) is 10.5. The van der Waals surface area contributed by atoms with Gasteiger partial charge in [0.05, 0.1) is 0 Å². The summed E-state index contributed by atoms with van der Waals surface area (Å²) in [6.07, 6.45) is 4.01. The van der Waals surface area contributed by atoms with Crippen LogP contribution in [0.3, 0.4) is 0 Å². The van der Waals surface area contributed by atoms with Crippen LogP contribution in [0.1, 0.15) is 20.8 Å². The van der Waals surface area contributed by atoms with Crippen molar-refractivity contribution in [3.63, 3.8) is 0 Å². The van der Waals surface area contributed by atoms with Crippen molar-refractivity contribution in [3.05, 3.63) is 12.3 Å². The van der Waals surface area contributed by atoms with Crippen LogP contribution in [0.5, 0.6) is 0 Å². The Morgan fingerprint density at radius 1 is 1.27 bits per heavy atom. The predicted octanol–water partition coefficient (Wildman–Crippen LogP) is 1.45. The van der Waals surface area contributed by atoms with Crippen molar-refractivity contribution in [1.82, 2.24) is 10.2 Å². The van der Waals surface area contributed by atoms with E-state index in [4.69, 9.17) is 0 Å². The normalized spacial score (nSPS) is 11.3. The highest BCUT2D eigenvalue weighted by molar-refractivity contribution is 4.74. The first-order chi connectivity index (χ1) is 5.35. The van der Waals surface area contributed by atoms with Crippen LogP contribution in [0.25, 0.3) is 0 Å². The lowest BCUT2D eigenvalue weighted by Crippen LogP contribution is -2.30. The van der Waals surface area contributed by atoms with E-state index in [0.717, 1.165) is 26.2 Å². The molecule has 0 aromatic carbocycles. The molecule has 0 atom stereocenters. The van der Waals surface area contributed by atoms with Crippen LogP contribution in [0.2, 0.25) is 0 Å². The summed E-state index contributed by atoms with van der Waals surface area (Å²) in [6, 6.07) is 0. The van der Waals surface area contributed by atoms with E-state index in [1.807, 2.05) is 19.2 Å². The standard InChI is InChI=1S/C9H20N2/c1-4-7-10-8-9-11(5-2)6-3/h4,7,10H,5-6,8-9H2,1-3H3. The van der Waals surface area contributed by atoms with Crippen molar-refractivity contribution in [2.45, 2.75) is 20.8 Å². The van der Waals surface area contributed by atoms with Gasteiger partial charge in [0.2, 0.25) is 0 Å². The Balaban J connectivity index is 3.21. The lowest BCUT2D eigenvalue weighted by atomic mass is 10.4. The highest BCUT2D eigenvalue weighted by Crippen LogP contribution is 1.83. The Hall–Kier alpha value is -0.500. The van der Waals surface area contributed by atoms with Gasteiger partial charge in [-0.1, -0.05) is 19.9 Å². The molecule has 0 aromatic rings. The average molecular weight is 156 g/mol. The molecule has 0 aliphatic rings. The molecule has 0 heterocycles. The summed E-state index contributed by atoms with van der Waals surface area (Å²) in [6.45, 7) is 10.9. The van der Waals surface area contributed by atoms with Crippen molar-refractivity contribution < 1.29 is 0 Å². The van der Waals surface area contributed by atoms with Crippen LogP contribution in [-0.4, -0.2) is 31.1 Å². The molecule has 11 heavy (non-hydrogen) atoms. The van der Waals surface area contributed by atoms with Crippen LogP contribution < -0.4 is 5.32 Å². The van der Waals surface area contributed by atoms with Crippen molar-refractivity contribution in [1.29, 1.82) is 0 Å². The molecule has 0 saturated carbocycles. The fourth-order valence-corrected chi connectivity index (χ4v) is 0.964. The Kier molecular flexibility index (Phi) is 7.26. The molecule has 2 heteroatoms. The average Bonchev–Trinajstić information content (AvgIpc) is 2.05. The van der Waals surface area contributed by atoms with E-state index in [1.54, 1.807) is 0 Å². The topological polar surface area (TPSA) is 15.3 Å². The Morgan fingerprint density at radius 3 is 2.36 bits per heavy atom. The summed E-state index contributed by atoms with van der Waals surface area (Å²) in [7, 11) is 0. The van der Waals surface area contributed by atoms with Gasteiger partial charge in [0.25, 0.3) is 0 Å². The smallest absolute Gasteiger partial charge is 0.0269 e. The van der Waals surface area contributed by atoms with Gasteiger partial charge >= 0.3 is 0 Å². The summed E-state index contributed by atoms with van der Waals surface area (Å²) < 4.78 is 0. The third kappa shape index (κ3) is 5.92. The molecule has 0 fully saturated rings. The van der Waals surface area contributed by atoms with E-state index in [1.165, 1.54) is 0 Å². The maximum absolute atomic E-state index is 3.21. The van der Waals surface area contributed by atoms with E-state index < -0.39 is 0 Å². The molecule has 0 spiro atoms. The zero-order chi connectivity index (χ0) is 8.53. The van der Waals surface area contributed by atoms with Crippen LogP contribution in [0.15, 0.2) is 12.3 Å². The Morgan fingerprint density at radius 2 is 1.91 bits per heavy atom. The lowest BCUT2D eigenvalue weighted by Gasteiger charge is -2.17. The molecule has 0 aliphatic heterocycles. The molecule has 0 rings (SSSR count). The number of nitrogens with one attached hydrogen (secondary N) is 1. The quantitative estimate of drug-likeness (QED) is 0.586. The minimum absolute atomic E-state index is 1.05. The minimum atomic E-state index is 1.05. The first-order valence-corrected chi connectivity index (χ1v) is 4.42. The summed E-state index contributed by atoms with van der Waals surface area (Å²) in [4.78, 5) is 2.40. The molecule has 0 aliphatic carbocycles. The highest BCUT2D eigenvalue weighted by Gasteiger charge is 1.94. The zero-order valence-corrected chi connectivity index (χ0v) is 7.93. The second-order valence-electron chi connectivity index (χ2n) is 2.48. The van der Waals surface area contributed by atoms with E-state index >= 15 is 0 Å².